The first-order valence-corrected chi connectivity index (χ1v) is 5.68. The molecule has 0 radical (unpaired) electrons. The van der Waals surface area contributed by atoms with Crippen LogP contribution in [0.2, 0.25) is 5.02 Å². The van der Waals surface area contributed by atoms with Gasteiger partial charge in [0.1, 0.15) is 18.1 Å². The molecule has 0 amide bonds. The van der Waals surface area contributed by atoms with Crippen molar-refractivity contribution >= 4 is 17.6 Å². The van der Waals surface area contributed by atoms with Crippen molar-refractivity contribution in [3.05, 3.63) is 58.6 Å². The Kier molecular flexibility index (Phi) is 3.67. The molecule has 0 atom stereocenters. The number of halogens is 2. The Morgan fingerprint density at radius 2 is 2.22 bits per heavy atom. The van der Waals surface area contributed by atoms with Gasteiger partial charge in [-0.2, -0.15) is 0 Å². The third-order valence-corrected chi connectivity index (χ3v) is 2.88. The lowest BCUT2D eigenvalue weighted by atomic mass is 10.2. The fourth-order valence-corrected chi connectivity index (χ4v) is 1.75. The van der Waals surface area contributed by atoms with E-state index in [1.807, 2.05) is 0 Å². The van der Waals surface area contributed by atoms with Crippen LogP contribution in [-0.4, -0.2) is 10.5 Å². The zero-order valence-electron chi connectivity index (χ0n) is 9.69. The first kappa shape index (κ1) is 12.6. The Morgan fingerprint density at radius 1 is 1.44 bits per heavy atom. The smallest absolute Gasteiger partial charge is 0.355 e. The molecule has 0 bridgehead atoms. The summed E-state index contributed by atoms with van der Waals surface area (Å²) in [5, 5.41) is 0.245. The van der Waals surface area contributed by atoms with Gasteiger partial charge in [-0.15, -0.1) is 0 Å². The van der Waals surface area contributed by atoms with E-state index in [9.17, 15) is 9.18 Å². The average molecular weight is 268 g/mol. The second-order valence-corrected chi connectivity index (χ2v) is 4.22. The van der Waals surface area contributed by atoms with Crippen LogP contribution in [-0.2, 0) is 18.4 Å². The monoisotopic (exact) mass is 267 g/mol. The number of aryl methyl sites for hydroxylation is 1. The summed E-state index contributed by atoms with van der Waals surface area (Å²) in [7, 11) is 1.75. The molecule has 2 aromatic rings. The number of ether oxygens (including phenoxy) is 1. The van der Waals surface area contributed by atoms with E-state index in [0.717, 1.165) is 0 Å². The molecule has 94 valence electrons. The van der Waals surface area contributed by atoms with E-state index in [2.05, 4.69) is 0 Å². The van der Waals surface area contributed by atoms with Crippen LogP contribution in [0.5, 0.6) is 0 Å². The SMILES string of the molecule is Cn1cccc1C(=O)OCc1ccc(F)cc1Cl. The number of hydrogen-bond acceptors (Lipinski definition) is 2. The molecule has 0 fully saturated rings. The van der Waals surface area contributed by atoms with Gasteiger partial charge in [0.2, 0.25) is 0 Å². The molecular formula is C13H11ClFNO2. The van der Waals surface area contributed by atoms with Crippen molar-refractivity contribution in [2.24, 2.45) is 7.05 Å². The van der Waals surface area contributed by atoms with Gasteiger partial charge in [0.25, 0.3) is 0 Å². The molecule has 0 spiro atoms. The average Bonchev–Trinajstić information content (AvgIpc) is 2.74. The molecule has 18 heavy (non-hydrogen) atoms. The van der Waals surface area contributed by atoms with Crippen molar-refractivity contribution in [2.45, 2.75) is 6.61 Å². The third kappa shape index (κ3) is 2.71. The lowest BCUT2D eigenvalue weighted by Crippen LogP contribution is -2.09. The van der Waals surface area contributed by atoms with E-state index in [1.165, 1.54) is 18.2 Å². The summed E-state index contributed by atoms with van der Waals surface area (Å²) in [6.45, 7) is 0.0170. The zero-order chi connectivity index (χ0) is 13.1. The van der Waals surface area contributed by atoms with E-state index in [-0.39, 0.29) is 11.6 Å². The highest BCUT2D eigenvalue weighted by Gasteiger charge is 2.11. The molecule has 0 saturated carbocycles. The lowest BCUT2D eigenvalue weighted by Gasteiger charge is -2.07. The van der Waals surface area contributed by atoms with Gasteiger partial charge in [-0.25, -0.2) is 9.18 Å². The molecule has 1 aromatic carbocycles. The predicted octanol–water partition coefficient (Wildman–Crippen LogP) is 3.17. The molecule has 0 N–H and O–H groups in total. The van der Waals surface area contributed by atoms with Gasteiger partial charge >= 0.3 is 5.97 Å². The molecular weight excluding hydrogens is 257 g/mol. The minimum absolute atomic E-state index is 0.0170. The van der Waals surface area contributed by atoms with Gasteiger partial charge in [-0.05, 0) is 24.3 Å². The summed E-state index contributed by atoms with van der Waals surface area (Å²) in [5.74, 6) is -0.861. The Morgan fingerprint density at radius 3 is 2.83 bits per heavy atom. The Hall–Kier alpha value is -1.81. The van der Waals surface area contributed by atoms with Gasteiger partial charge < -0.3 is 9.30 Å². The lowest BCUT2D eigenvalue weighted by molar-refractivity contribution is 0.0461. The van der Waals surface area contributed by atoms with Crippen LogP contribution in [0.15, 0.2) is 36.5 Å². The van der Waals surface area contributed by atoms with Crippen molar-refractivity contribution in [3.8, 4) is 0 Å². The fraction of sp³-hybridized carbons (Fsp3) is 0.154. The molecule has 0 aliphatic rings. The Balaban J connectivity index is 2.04. The normalized spacial score (nSPS) is 10.4. The summed E-state index contributed by atoms with van der Waals surface area (Å²) in [5.41, 5.74) is 1.02. The number of aromatic nitrogens is 1. The highest BCUT2D eigenvalue weighted by molar-refractivity contribution is 6.31. The number of carbonyl (C=O) groups excluding carboxylic acids is 1. The second kappa shape index (κ2) is 5.23. The summed E-state index contributed by atoms with van der Waals surface area (Å²) < 4.78 is 19.6. The summed E-state index contributed by atoms with van der Waals surface area (Å²) in [6.07, 6.45) is 1.75. The van der Waals surface area contributed by atoms with E-state index >= 15 is 0 Å². The second-order valence-electron chi connectivity index (χ2n) is 3.82. The van der Waals surface area contributed by atoms with Crippen molar-refractivity contribution < 1.29 is 13.9 Å². The van der Waals surface area contributed by atoms with Crippen LogP contribution in [0.4, 0.5) is 4.39 Å². The summed E-state index contributed by atoms with van der Waals surface area (Å²) >= 11 is 5.83. The molecule has 0 aliphatic heterocycles. The third-order valence-electron chi connectivity index (χ3n) is 2.53. The van der Waals surface area contributed by atoms with E-state index in [0.29, 0.717) is 11.3 Å². The highest BCUT2D eigenvalue weighted by atomic mass is 35.5. The number of carbonyl (C=O) groups is 1. The maximum Gasteiger partial charge on any atom is 0.355 e. The highest BCUT2D eigenvalue weighted by Crippen LogP contribution is 2.18. The number of rotatable bonds is 3. The molecule has 3 nitrogen and oxygen atoms in total. The topological polar surface area (TPSA) is 31.2 Å². The van der Waals surface area contributed by atoms with Crippen LogP contribution < -0.4 is 0 Å². The van der Waals surface area contributed by atoms with Crippen molar-refractivity contribution in [2.75, 3.05) is 0 Å². The van der Waals surface area contributed by atoms with Crippen molar-refractivity contribution in [3.63, 3.8) is 0 Å². The molecule has 0 saturated heterocycles. The van der Waals surface area contributed by atoms with Crippen LogP contribution in [0.25, 0.3) is 0 Å². The van der Waals surface area contributed by atoms with Crippen LogP contribution in [0, 0.1) is 5.82 Å². The van der Waals surface area contributed by atoms with Crippen LogP contribution in [0.3, 0.4) is 0 Å². The largest absolute Gasteiger partial charge is 0.456 e. The number of hydrogen-bond donors (Lipinski definition) is 0. The Bertz CT molecular complexity index is 580. The maximum absolute atomic E-state index is 12.8. The predicted molar refractivity (Wildman–Crippen MR) is 65.9 cm³/mol. The van der Waals surface area contributed by atoms with E-state index < -0.39 is 11.8 Å². The molecule has 1 heterocycles. The fourth-order valence-electron chi connectivity index (χ4n) is 1.53. The van der Waals surface area contributed by atoms with Crippen molar-refractivity contribution in [1.82, 2.24) is 4.57 Å². The summed E-state index contributed by atoms with van der Waals surface area (Å²) in [6, 6.07) is 7.37. The van der Waals surface area contributed by atoms with Crippen molar-refractivity contribution in [1.29, 1.82) is 0 Å². The number of esters is 1. The first-order chi connectivity index (χ1) is 8.58. The van der Waals surface area contributed by atoms with Crippen LogP contribution >= 0.6 is 11.6 Å². The van der Waals surface area contributed by atoms with Gasteiger partial charge in [-0.3, -0.25) is 0 Å². The van der Waals surface area contributed by atoms with Gasteiger partial charge in [0.05, 0.1) is 5.02 Å². The van der Waals surface area contributed by atoms with Gasteiger partial charge in [0.15, 0.2) is 0 Å². The molecule has 0 aliphatic carbocycles. The molecule has 2 rings (SSSR count). The first-order valence-electron chi connectivity index (χ1n) is 5.30. The quantitative estimate of drug-likeness (QED) is 0.800. The van der Waals surface area contributed by atoms with Gasteiger partial charge in [0, 0.05) is 18.8 Å². The number of nitrogens with zero attached hydrogens (tertiary/aromatic N) is 1. The van der Waals surface area contributed by atoms with E-state index in [1.54, 1.807) is 29.9 Å². The summed E-state index contributed by atoms with van der Waals surface area (Å²) in [4.78, 5) is 11.7. The van der Waals surface area contributed by atoms with E-state index in [4.69, 9.17) is 16.3 Å². The van der Waals surface area contributed by atoms with Crippen LogP contribution in [0.1, 0.15) is 16.1 Å². The maximum atomic E-state index is 12.8. The standard InChI is InChI=1S/C13H11ClFNO2/c1-16-6-2-3-12(16)13(17)18-8-9-4-5-10(15)7-11(9)14/h2-7H,8H2,1H3. The minimum Gasteiger partial charge on any atom is -0.456 e. The van der Waals surface area contributed by atoms with Gasteiger partial charge in [-0.1, -0.05) is 17.7 Å². The Labute approximate surface area is 109 Å². The molecule has 5 heteroatoms. The molecule has 1 aromatic heterocycles. The minimum atomic E-state index is -0.442. The molecule has 0 unspecified atom stereocenters. The zero-order valence-corrected chi connectivity index (χ0v) is 10.4. The number of benzene rings is 1.